The number of nitrogens with one attached hydrogen (secondary N) is 1. The number of aliphatic hydroxyl groups is 1. The first kappa shape index (κ1) is 14.5. The highest BCUT2D eigenvalue weighted by molar-refractivity contribution is 5.76. The van der Waals surface area contributed by atoms with Crippen molar-refractivity contribution >= 4 is 17.3 Å². The van der Waals surface area contributed by atoms with Crippen LogP contribution < -0.4 is 21.1 Å². The molecule has 0 unspecified atom stereocenters. The fraction of sp³-hybridized carbons (Fsp3) is 0.615. The van der Waals surface area contributed by atoms with Crippen LogP contribution in [0, 0.1) is 0 Å². The zero-order valence-electron chi connectivity index (χ0n) is 11.5. The normalized spacial score (nSPS) is 15.7. The van der Waals surface area contributed by atoms with E-state index in [1.807, 2.05) is 4.90 Å². The second-order valence-corrected chi connectivity index (χ2v) is 4.88. The van der Waals surface area contributed by atoms with Gasteiger partial charge >= 0.3 is 0 Å². The van der Waals surface area contributed by atoms with Crippen molar-refractivity contribution in [2.75, 3.05) is 49.5 Å². The van der Waals surface area contributed by atoms with E-state index in [1.54, 1.807) is 4.90 Å². The monoisotopic (exact) mass is 281 g/mol. The van der Waals surface area contributed by atoms with Crippen LogP contribution in [0.15, 0.2) is 9.59 Å². The molecule has 1 aliphatic rings. The van der Waals surface area contributed by atoms with Crippen molar-refractivity contribution in [2.24, 2.45) is 0 Å². The predicted molar refractivity (Wildman–Crippen MR) is 76.0 cm³/mol. The highest BCUT2D eigenvalue weighted by Gasteiger charge is 2.28. The average Bonchev–Trinajstić information content (AvgIpc) is 2.46. The fourth-order valence-corrected chi connectivity index (χ4v) is 2.38. The van der Waals surface area contributed by atoms with Crippen LogP contribution in [-0.4, -0.2) is 55.2 Å². The molecule has 1 aromatic carbocycles. The molecule has 0 atom stereocenters. The van der Waals surface area contributed by atoms with Gasteiger partial charge in [0.15, 0.2) is 0 Å². The number of piperazine rings is 1. The lowest BCUT2D eigenvalue weighted by molar-refractivity contribution is -0.129. The van der Waals surface area contributed by atoms with Crippen molar-refractivity contribution in [2.45, 2.75) is 13.3 Å². The van der Waals surface area contributed by atoms with E-state index in [-0.39, 0.29) is 12.5 Å². The first-order chi connectivity index (χ1) is 9.56. The molecule has 1 aliphatic heterocycles. The quantitative estimate of drug-likeness (QED) is 0.517. The summed E-state index contributed by atoms with van der Waals surface area (Å²) in [4.78, 5) is 38.1. The van der Waals surface area contributed by atoms with Crippen molar-refractivity contribution in [3.05, 3.63) is 20.4 Å². The number of carbonyl (C=O) groups excluding carboxylic acids is 1. The second-order valence-electron chi connectivity index (χ2n) is 4.88. The van der Waals surface area contributed by atoms with Gasteiger partial charge in [0.05, 0.1) is 0 Å². The van der Waals surface area contributed by atoms with Gasteiger partial charge in [0.1, 0.15) is 11.4 Å². The van der Waals surface area contributed by atoms with Crippen LogP contribution in [0.1, 0.15) is 13.3 Å². The van der Waals surface area contributed by atoms with E-state index < -0.39 is 10.9 Å². The molecule has 7 heteroatoms. The molecule has 110 valence electrons. The van der Waals surface area contributed by atoms with Gasteiger partial charge in [-0.2, -0.15) is 0 Å². The standard InChI is InChI=1S/C13H19N3O4/c1-9(18)15-4-6-16(7-5-15)11-10(12(19)13(11)20)14-3-2-8-17/h14,17H,2-8H2,1H3. The smallest absolute Gasteiger partial charge is 0.253 e. The topological polar surface area (TPSA) is 89.9 Å². The van der Waals surface area contributed by atoms with Crippen molar-refractivity contribution in [3.8, 4) is 0 Å². The summed E-state index contributed by atoms with van der Waals surface area (Å²) >= 11 is 0. The number of hydrogen-bond acceptors (Lipinski definition) is 6. The van der Waals surface area contributed by atoms with Crippen molar-refractivity contribution in [3.63, 3.8) is 0 Å². The number of anilines is 2. The molecule has 1 amide bonds. The molecule has 1 saturated heterocycles. The van der Waals surface area contributed by atoms with Gasteiger partial charge in [-0.3, -0.25) is 14.4 Å². The Kier molecular flexibility index (Phi) is 4.39. The van der Waals surface area contributed by atoms with Gasteiger partial charge in [-0.25, -0.2) is 0 Å². The van der Waals surface area contributed by atoms with Gasteiger partial charge in [0.25, 0.3) is 10.9 Å². The lowest BCUT2D eigenvalue weighted by Crippen LogP contribution is -2.52. The van der Waals surface area contributed by atoms with Crippen molar-refractivity contribution < 1.29 is 9.90 Å². The average molecular weight is 281 g/mol. The maximum Gasteiger partial charge on any atom is 0.253 e. The minimum Gasteiger partial charge on any atom is -0.396 e. The molecule has 0 saturated carbocycles. The lowest BCUT2D eigenvalue weighted by Gasteiger charge is -2.36. The minimum atomic E-state index is -0.494. The van der Waals surface area contributed by atoms with Gasteiger partial charge in [-0.05, 0) is 6.42 Å². The Balaban J connectivity index is 2.03. The number of nitrogens with zero attached hydrogens (tertiary/aromatic N) is 2. The zero-order valence-corrected chi connectivity index (χ0v) is 11.5. The number of carbonyl (C=O) groups is 1. The number of hydrogen-bond donors (Lipinski definition) is 2. The SMILES string of the molecule is CC(=O)N1CCN(c2c(NCCCO)c(=O)c2=O)CC1. The number of amides is 1. The second kappa shape index (κ2) is 6.04. The third-order valence-electron chi connectivity index (χ3n) is 3.56. The molecule has 2 rings (SSSR count). The van der Waals surface area contributed by atoms with Crippen LogP contribution in [0.2, 0.25) is 0 Å². The Labute approximate surface area is 116 Å². The third kappa shape index (κ3) is 2.67. The molecule has 1 fully saturated rings. The van der Waals surface area contributed by atoms with Gasteiger partial charge in [0, 0.05) is 46.3 Å². The minimum absolute atomic E-state index is 0.0240. The van der Waals surface area contributed by atoms with E-state index >= 15 is 0 Å². The van der Waals surface area contributed by atoms with E-state index in [4.69, 9.17) is 5.11 Å². The van der Waals surface area contributed by atoms with Gasteiger partial charge < -0.3 is 20.2 Å². The third-order valence-corrected chi connectivity index (χ3v) is 3.56. The molecule has 0 radical (unpaired) electrons. The van der Waals surface area contributed by atoms with Crippen LogP contribution in [0.3, 0.4) is 0 Å². The van der Waals surface area contributed by atoms with Crippen LogP contribution in [0.5, 0.6) is 0 Å². The summed E-state index contributed by atoms with van der Waals surface area (Å²) in [7, 11) is 0. The summed E-state index contributed by atoms with van der Waals surface area (Å²) in [6, 6.07) is 0. The summed E-state index contributed by atoms with van der Waals surface area (Å²) in [5.41, 5.74) is -0.185. The lowest BCUT2D eigenvalue weighted by atomic mass is 10.1. The van der Waals surface area contributed by atoms with Gasteiger partial charge in [0.2, 0.25) is 5.91 Å². The molecule has 0 aromatic heterocycles. The molecule has 2 N–H and O–H groups in total. The Hall–Kier alpha value is -1.89. The first-order valence-corrected chi connectivity index (χ1v) is 6.74. The Morgan fingerprint density at radius 3 is 2.40 bits per heavy atom. The van der Waals surface area contributed by atoms with E-state index in [1.165, 1.54) is 6.92 Å². The molecule has 0 aliphatic carbocycles. The summed E-state index contributed by atoms with van der Waals surface area (Å²) in [5, 5.41) is 11.6. The fourth-order valence-electron chi connectivity index (χ4n) is 2.38. The van der Waals surface area contributed by atoms with E-state index in [9.17, 15) is 14.4 Å². The van der Waals surface area contributed by atoms with E-state index in [2.05, 4.69) is 5.32 Å². The maximum absolute atomic E-state index is 11.7. The summed E-state index contributed by atoms with van der Waals surface area (Å²) in [6.07, 6.45) is 0.524. The highest BCUT2D eigenvalue weighted by atomic mass is 16.3. The molecule has 20 heavy (non-hydrogen) atoms. The largest absolute Gasteiger partial charge is 0.396 e. The van der Waals surface area contributed by atoms with E-state index in [0.717, 1.165) is 0 Å². The van der Waals surface area contributed by atoms with E-state index in [0.29, 0.717) is 50.5 Å². The molecule has 1 aromatic rings. The maximum atomic E-state index is 11.7. The Morgan fingerprint density at radius 2 is 1.85 bits per heavy atom. The van der Waals surface area contributed by atoms with Crippen molar-refractivity contribution in [1.82, 2.24) is 4.90 Å². The summed E-state index contributed by atoms with van der Waals surface area (Å²) in [6.45, 7) is 4.25. The van der Waals surface area contributed by atoms with Crippen LogP contribution in [0.4, 0.5) is 11.4 Å². The van der Waals surface area contributed by atoms with Crippen LogP contribution >= 0.6 is 0 Å². The number of rotatable bonds is 5. The number of aliphatic hydroxyl groups excluding tert-OH is 1. The summed E-state index contributed by atoms with van der Waals surface area (Å²) < 4.78 is 0. The molecular formula is C13H19N3O4. The Morgan fingerprint density at radius 1 is 1.20 bits per heavy atom. The van der Waals surface area contributed by atoms with Crippen molar-refractivity contribution in [1.29, 1.82) is 0 Å². The molecule has 7 nitrogen and oxygen atoms in total. The molecular weight excluding hydrogens is 262 g/mol. The molecule has 0 spiro atoms. The molecule has 1 heterocycles. The van der Waals surface area contributed by atoms with Gasteiger partial charge in [-0.15, -0.1) is 0 Å². The van der Waals surface area contributed by atoms with Crippen LogP contribution in [0.25, 0.3) is 0 Å². The molecule has 0 bridgehead atoms. The zero-order chi connectivity index (χ0) is 14.7. The summed E-state index contributed by atoms with van der Waals surface area (Å²) in [5.74, 6) is 0.0240. The van der Waals surface area contributed by atoms with Crippen LogP contribution in [-0.2, 0) is 4.79 Å². The first-order valence-electron chi connectivity index (χ1n) is 6.74. The predicted octanol–water partition coefficient (Wildman–Crippen LogP) is -1.25. The van der Waals surface area contributed by atoms with Gasteiger partial charge in [-0.1, -0.05) is 0 Å². The Bertz CT molecular complexity index is 554. The highest BCUT2D eigenvalue weighted by Crippen LogP contribution is 2.21.